The van der Waals surface area contributed by atoms with Crippen LogP contribution in [0.3, 0.4) is 0 Å². The van der Waals surface area contributed by atoms with Crippen molar-refractivity contribution in [3.05, 3.63) is 29.6 Å². The summed E-state index contributed by atoms with van der Waals surface area (Å²) >= 11 is 0. The van der Waals surface area contributed by atoms with Crippen LogP contribution < -0.4 is 0 Å². The van der Waals surface area contributed by atoms with Gasteiger partial charge in [0.05, 0.1) is 11.0 Å². The first-order valence-corrected chi connectivity index (χ1v) is 6.02. The Kier molecular flexibility index (Phi) is 3.22. The Balaban J connectivity index is 2.37. The summed E-state index contributed by atoms with van der Waals surface area (Å²) in [4.78, 5) is 19.1. The molecular weight excluding hydrogens is 228 g/mol. The molecule has 0 aliphatic carbocycles. The van der Waals surface area contributed by atoms with Gasteiger partial charge in [0.25, 0.3) is 0 Å². The van der Waals surface area contributed by atoms with Crippen LogP contribution in [0.5, 0.6) is 0 Å². The van der Waals surface area contributed by atoms with Crippen molar-refractivity contribution in [2.24, 2.45) is 5.41 Å². The summed E-state index contributed by atoms with van der Waals surface area (Å²) in [5.41, 5.74) is 2.37. The monoisotopic (exact) mass is 246 g/mol. The zero-order valence-electron chi connectivity index (χ0n) is 10.9. The van der Waals surface area contributed by atoms with E-state index in [1.54, 1.807) is 18.2 Å². The highest BCUT2D eigenvalue weighted by molar-refractivity contribution is 5.99. The molecular formula is C14H18N2O2. The van der Waals surface area contributed by atoms with Crippen LogP contribution in [0, 0.1) is 5.41 Å². The maximum absolute atomic E-state index is 11.4. The van der Waals surface area contributed by atoms with Crippen LogP contribution in [0.15, 0.2) is 18.2 Å². The average molecular weight is 246 g/mol. The van der Waals surface area contributed by atoms with Gasteiger partial charge in [0.1, 0.15) is 12.4 Å². The minimum absolute atomic E-state index is 0.164. The fourth-order valence-corrected chi connectivity index (χ4v) is 1.91. The van der Waals surface area contributed by atoms with Gasteiger partial charge in [-0.1, -0.05) is 20.8 Å². The van der Waals surface area contributed by atoms with Crippen molar-refractivity contribution >= 4 is 16.8 Å². The lowest BCUT2D eigenvalue weighted by Gasteiger charge is -2.15. The van der Waals surface area contributed by atoms with Gasteiger partial charge in [0, 0.05) is 12.0 Å². The molecule has 0 atom stereocenters. The highest BCUT2D eigenvalue weighted by atomic mass is 16.3. The standard InChI is InChI=1S/C14H18N2O2/c1-14(2,3)7-13-15-10-5-4-9(12(18)8-17)6-11(10)16-13/h4-6,17H,7-8H2,1-3H3,(H,15,16). The molecule has 0 aliphatic heterocycles. The van der Waals surface area contributed by atoms with Crippen LogP contribution in [-0.4, -0.2) is 27.5 Å². The lowest BCUT2D eigenvalue weighted by molar-refractivity contribution is 0.0904. The molecule has 0 saturated heterocycles. The molecule has 1 heterocycles. The number of Topliss-reactive ketones (excluding diaryl/α,β-unsaturated/α-hetero) is 1. The van der Waals surface area contributed by atoms with E-state index in [0.29, 0.717) is 5.56 Å². The van der Waals surface area contributed by atoms with Crippen molar-refractivity contribution in [1.82, 2.24) is 9.97 Å². The average Bonchev–Trinajstić information content (AvgIpc) is 2.66. The highest BCUT2D eigenvalue weighted by Gasteiger charge is 2.15. The van der Waals surface area contributed by atoms with Crippen LogP contribution in [0.2, 0.25) is 0 Å². The third-order valence-electron chi connectivity index (χ3n) is 2.69. The number of ketones is 1. The summed E-state index contributed by atoms with van der Waals surface area (Å²) < 4.78 is 0. The Bertz CT molecular complexity index is 579. The molecule has 0 unspecified atom stereocenters. The van der Waals surface area contributed by atoms with Gasteiger partial charge in [0.15, 0.2) is 5.78 Å². The number of carbonyl (C=O) groups is 1. The van der Waals surface area contributed by atoms with E-state index in [4.69, 9.17) is 5.11 Å². The topological polar surface area (TPSA) is 66.0 Å². The van der Waals surface area contributed by atoms with Crippen LogP contribution in [-0.2, 0) is 6.42 Å². The Morgan fingerprint density at radius 1 is 1.39 bits per heavy atom. The lowest BCUT2D eigenvalue weighted by Crippen LogP contribution is -2.10. The molecule has 4 nitrogen and oxygen atoms in total. The number of aromatic nitrogens is 2. The van der Waals surface area contributed by atoms with E-state index in [-0.39, 0.29) is 11.2 Å². The van der Waals surface area contributed by atoms with Crippen LogP contribution in [0.4, 0.5) is 0 Å². The van der Waals surface area contributed by atoms with Gasteiger partial charge in [-0.25, -0.2) is 4.98 Å². The van der Waals surface area contributed by atoms with Gasteiger partial charge in [-0.3, -0.25) is 4.79 Å². The fourth-order valence-electron chi connectivity index (χ4n) is 1.91. The molecule has 0 spiro atoms. The third kappa shape index (κ3) is 2.76. The number of H-pyrrole nitrogens is 1. The number of hydrogen-bond donors (Lipinski definition) is 2. The summed E-state index contributed by atoms with van der Waals surface area (Å²) in [5.74, 6) is 0.648. The summed E-state index contributed by atoms with van der Waals surface area (Å²) in [6.45, 7) is 6.00. The number of nitrogens with one attached hydrogen (secondary N) is 1. The van der Waals surface area contributed by atoms with Gasteiger partial charge in [-0.2, -0.15) is 0 Å². The van der Waals surface area contributed by atoms with Crippen LogP contribution in [0.25, 0.3) is 11.0 Å². The molecule has 18 heavy (non-hydrogen) atoms. The largest absolute Gasteiger partial charge is 0.388 e. The number of benzene rings is 1. The van der Waals surface area contributed by atoms with E-state index >= 15 is 0 Å². The van der Waals surface area contributed by atoms with E-state index in [1.807, 2.05) is 0 Å². The number of aromatic amines is 1. The molecule has 2 rings (SSSR count). The number of hydrogen-bond acceptors (Lipinski definition) is 3. The number of carbonyl (C=O) groups excluding carboxylic acids is 1. The second-order valence-corrected chi connectivity index (χ2v) is 5.73. The molecule has 2 N–H and O–H groups in total. The number of aliphatic hydroxyl groups excluding tert-OH is 1. The van der Waals surface area contributed by atoms with Crippen molar-refractivity contribution in [2.45, 2.75) is 27.2 Å². The number of nitrogens with zero attached hydrogens (tertiary/aromatic N) is 1. The predicted molar refractivity (Wildman–Crippen MR) is 70.7 cm³/mol. The second kappa shape index (κ2) is 4.53. The van der Waals surface area contributed by atoms with Gasteiger partial charge >= 0.3 is 0 Å². The lowest BCUT2D eigenvalue weighted by atomic mass is 9.92. The molecule has 0 bridgehead atoms. The highest BCUT2D eigenvalue weighted by Crippen LogP contribution is 2.21. The molecule has 0 saturated carbocycles. The third-order valence-corrected chi connectivity index (χ3v) is 2.69. The molecule has 0 fully saturated rings. The van der Waals surface area contributed by atoms with E-state index in [0.717, 1.165) is 23.3 Å². The summed E-state index contributed by atoms with van der Waals surface area (Å²) in [7, 11) is 0. The number of imidazole rings is 1. The normalized spacial score (nSPS) is 12.0. The summed E-state index contributed by atoms with van der Waals surface area (Å²) in [6.07, 6.45) is 0.852. The molecule has 1 aromatic heterocycles. The minimum Gasteiger partial charge on any atom is -0.388 e. The van der Waals surface area contributed by atoms with Gasteiger partial charge in [0.2, 0.25) is 0 Å². The van der Waals surface area contributed by atoms with Crippen molar-refractivity contribution in [1.29, 1.82) is 0 Å². The van der Waals surface area contributed by atoms with E-state index in [9.17, 15) is 4.79 Å². The molecule has 96 valence electrons. The van der Waals surface area contributed by atoms with Crippen LogP contribution >= 0.6 is 0 Å². The Labute approximate surface area is 106 Å². The van der Waals surface area contributed by atoms with Crippen molar-refractivity contribution in [3.8, 4) is 0 Å². The summed E-state index contributed by atoms with van der Waals surface area (Å²) in [5, 5.41) is 8.84. The molecule has 4 heteroatoms. The minimum atomic E-state index is -0.464. The van der Waals surface area contributed by atoms with Gasteiger partial charge in [-0.05, 0) is 23.6 Å². The van der Waals surface area contributed by atoms with Crippen molar-refractivity contribution in [3.63, 3.8) is 0 Å². The molecule has 2 aromatic rings. The van der Waals surface area contributed by atoms with Crippen LogP contribution in [0.1, 0.15) is 37.0 Å². The molecule has 0 radical (unpaired) electrons. The first kappa shape index (κ1) is 12.8. The predicted octanol–water partition coefficient (Wildman–Crippen LogP) is 2.33. The van der Waals surface area contributed by atoms with E-state index in [2.05, 4.69) is 30.7 Å². The first-order chi connectivity index (χ1) is 8.39. The van der Waals surface area contributed by atoms with Crippen molar-refractivity contribution in [2.75, 3.05) is 6.61 Å². The number of aliphatic hydroxyl groups is 1. The quantitative estimate of drug-likeness (QED) is 0.817. The smallest absolute Gasteiger partial charge is 0.188 e. The first-order valence-electron chi connectivity index (χ1n) is 6.02. The van der Waals surface area contributed by atoms with E-state index < -0.39 is 6.61 Å². The zero-order valence-corrected chi connectivity index (χ0v) is 10.9. The molecule has 0 aliphatic rings. The molecule has 0 amide bonds. The maximum atomic E-state index is 11.4. The Morgan fingerprint density at radius 3 is 2.72 bits per heavy atom. The number of fused-ring (bicyclic) bond motifs is 1. The summed E-state index contributed by atoms with van der Waals surface area (Å²) in [6, 6.07) is 5.25. The zero-order chi connectivity index (χ0) is 13.3. The van der Waals surface area contributed by atoms with Crippen molar-refractivity contribution < 1.29 is 9.90 Å². The maximum Gasteiger partial charge on any atom is 0.188 e. The van der Waals surface area contributed by atoms with E-state index in [1.165, 1.54) is 0 Å². The van der Waals surface area contributed by atoms with Gasteiger partial charge in [-0.15, -0.1) is 0 Å². The SMILES string of the molecule is CC(C)(C)Cc1nc2ccc(C(=O)CO)cc2[nH]1. The fraction of sp³-hybridized carbons (Fsp3) is 0.429. The second-order valence-electron chi connectivity index (χ2n) is 5.73. The Morgan fingerprint density at radius 2 is 2.11 bits per heavy atom. The molecule has 1 aromatic carbocycles. The number of rotatable bonds is 3. The van der Waals surface area contributed by atoms with Gasteiger partial charge < -0.3 is 10.1 Å². The Hall–Kier alpha value is -1.68.